The molecule has 1 aliphatic rings. The van der Waals surface area contributed by atoms with Crippen LogP contribution in [0.3, 0.4) is 0 Å². The average molecular weight is 455 g/mol. The number of hydrogen-bond donors (Lipinski definition) is 0. The second kappa shape index (κ2) is 9.40. The van der Waals surface area contributed by atoms with E-state index in [4.69, 9.17) is 4.74 Å². The molecule has 0 aromatic heterocycles. The van der Waals surface area contributed by atoms with E-state index in [1.807, 2.05) is 42.5 Å². The van der Waals surface area contributed by atoms with Crippen LogP contribution in [0, 0.1) is 0 Å². The van der Waals surface area contributed by atoms with Crippen LogP contribution in [0.1, 0.15) is 18.1 Å². The SMILES string of the molecule is CCOc1cc(/C=C2\SC(=O)N(Cc3ccc4ccccc4c3)C2=O)ccc1OC(F)F. The van der Waals surface area contributed by atoms with Crippen LogP contribution in [0.4, 0.5) is 13.6 Å². The average Bonchev–Trinajstić information content (AvgIpc) is 3.02. The number of fused-ring (bicyclic) bond motifs is 1. The zero-order chi connectivity index (χ0) is 22.7. The molecule has 0 atom stereocenters. The Hall–Kier alpha value is -3.39. The number of nitrogens with zero attached hydrogens (tertiary/aromatic N) is 1. The first-order valence-corrected chi connectivity index (χ1v) is 10.7. The summed E-state index contributed by atoms with van der Waals surface area (Å²) in [6.07, 6.45) is 1.54. The van der Waals surface area contributed by atoms with Gasteiger partial charge in [-0.1, -0.05) is 42.5 Å². The molecule has 5 nitrogen and oxygen atoms in total. The Bertz CT molecular complexity index is 1210. The fraction of sp³-hybridized carbons (Fsp3) is 0.167. The lowest BCUT2D eigenvalue weighted by Crippen LogP contribution is -2.27. The number of thioether (sulfide) groups is 1. The summed E-state index contributed by atoms with van der Waals surface area (Å²) >= 11 is 0.840. The van der Waals surface area contributed by atoms with Gasteiger partial charge < -0.3 is 9.47 Å². The highest BCUT2D eigenvalue weighted by molar-refractivity contribution is 8.18. The molecule has 0 bridgehead atoms. The molecule has 0 N–H and O–H groups in total. The molecule has 0 unspecified atom stereocenters. The van der Waals surface area contributed by atoms with Gasteiger partial charge in [0.15, 0.2) is 11.5 Å². The minimum absolute atomic E-state index is 0.0941. The van der Waals surface area contributed by atoms with Crippen molar-refractivity contribution in [3.05, 3.63) is 76.7 Å². The predicted octanol–water partition coefficient (Wildman–Crippen LogP) is 6.08. The molecule has 0 aliphatic carbocycles. The topological polar surface area (TPSA) is 55.8 Å². The molecule has 3 aromatic carbocycles. The molecule has 32 heavy (non-hydrogen) atoms. The number of amides is 2. The van der Waals surface area contributed by atoms with Crippen LogP contribution in [0.2, 0.25) is 0 Å². The second-order valence-electron chi connectivity index (χ2n) is 6.97. The molecule has 1 aliphatic heterocycles. The van der Waals surface area contributed by atoms with Crippen molar-refractivity contribution in [2.75, 3.05) is 6.61 Å². The van der Waals surface area contributed by atoms with Crippen LogP contribution in [-0.4, -0.2) is 29.3 Å². The number of halogens is 2. The van der Waals surface area contributed by atoms with Gasteiger partial charge in [-0.3, -0.25) is 14.5 Å². The van der Waals surface area contributed by atoms with Gasteiger partial charge in [0.05, 0.1) is 18.1 Å². The van der Waals surface area contributed by atoms with E-state index in [-0.39, 0.29) is 34.8 Å². The van der Waals surface area contributed by atoms with E-state index in [1.54, 1.807) is 13.0 Å². The summed E-state index contributed by atoms with van der Waals surface area (Å²) in [7, 11) is 0. The van der Waals surface area contributed by atoms with Crippen LogP contribution in [-0.2, 0) is 11.3 Å². The number of carbonyl (C=O) groups excluding carboxylic acids is 2. The molecule has 2 amide bonds. The van der Waals surface area contributed by atoms with E-state index in [2.05, 4.69) is 4.74 Å². The molecule has 3 aromatic rings. The molecule has 1 heterocycles. The standard InChI is InChI=1S/C24H19F2NO4S/c1-2-30-20-12-15(8-10-19(20)31-23(25)26)13-21-22(28)27(24(29)32-21)14-16-7-9-17-5-3-4-6-18(17)11-16/h3-13,23H,2,14H2,1H3/b21-13-. The summed E-state index contributed by atoms with van der Waals surface area (Å²) in [5.41, 5.74) is 1.38. The minimum Gasteiger partial charge on any atom is -0.490 e. The van der Waals surface area contributed by atoms with Gasteiger partial charge in [0.1, 0.15) is 0 Å². The normalized spacial score (nSPS) is 15.2. The van der Waals surface area contributed by atoms with Gasteiger partial charge in [-0.25, -0.2) is 0 Å². The highest BCUT2D eigenvalue weighted by Gasteiger charge is 2.35. The van der Waals surface area contributed by atoms with Gasteiger partial charge in [-0.2, -0.15) is 8.78 Å². The molecule has 8 heteroatoms. The monoisotopic (exact) mass is 455 g/mol. The van der Waals surface area contributed by atoms with Crippen LogP contribution in [0.15, 0.2) is 65.6 Å². The third kappa shape index (κ3) is 4.75. The molecule has 0 saturated carbocycles. The number of ether oxygens (including phenoxy) is 2. The zero-order valence-corrected chi connectivity index (χ0v) is 17.9. The number of alkyl halides is 2. The van der Waals surface area contributed by atoms with Crippen molar-refractivity contribution >= 4 is 39.8 Å². The molecule has 0 radical (unpaired) electrons. The fourth-order valence-corrected chi connectivity index (χ4v) is 4.22. The molecule has 0 spiro atoms. The number of imide groups is 1. The Morgan fingerprint density at radius 3 is 2.53 bits per heavy atom. The lowest BCUT2D eigenvalue weighted by molar-refractivity contribution is -0.123. The summed E-state index contributed by atoms with van der Waals surface area (Å²) in [6, 6.07) is 18.0. The highest BCUT2D eigenvalue weighted by atomic mass is 32.2. The number of rotatable bonds is 7. The predicted molar refractivity (Wildman–Crippen MR) is 120 cm³/mol. The fourth-order valence-electron chi connectivity index (χ4n) is 3.38. The summed E-state index contributed by atoms with van der Waals surface area (Å²) in [5, 5.41) is 1.74. The first-order chi connectivity index (χ1) is 15.4. The lowest BCUT2D eigenvalue weighted by atomic mass is 10.1. The number of hydrogen-bond acceptors (Lipinski definition) is 5. The Balaban J connectivity index is 1.55. The molecule has 1 fully saturated rings. The van der Waals surface area contributed by atoms with Crippen molar-refractivity contribution < 1.29 is 27.8 Å². The maximum absolute atomic E-state index is 12.9. The van der Waals surface area contributed by atoms with Crippen molar-refractivity contribution in [3.8, 4) is 11.5 Å². The third-order valence-electron chi connectivity index (χ3n) is 4.81. The van der Waals surface area contributed by atoms with E-state index >= 15 is 0 Å². The van der Waals surface area contributed by atoms with Crippen molar-refractivity contribution in [1.29, 1.82) is 0 Å². The van der Waals surface area contributed by atoms with E-state index in [1.165, 1.54) is 23.1 Å². The minimum atomic E-state index is -2.98. The van der Waals surface area contributed by atoms with E-state index in [9.17, 15) is 18.4 Å². The first-order valence-electron chi connectivity index (χ1n) is 9.89. The number of carbonyl (C=O) groups is 2. The molecular weight excluding hydrogens is 436 g/mol. The van der Waals surface area contributed by atoms with Gasteiger partial charge in [0.2, 0.25) is 0 Å². The Labute approximate surface area is 187 Å². The van der Waals surface area contributed by atoms with Crippen LogP contribution in [0.5, 0.6) is 11.5 Å². The van der Waals surface area contributed by atoms with Crippen molar-refractivity contribution in [2.24, 2.45) is 0 Å². The van der Waals surface area contributed by atoms with Gasteiger partial charge in [-0.15, -0.1) is 0 Å². The largest absolute Gasteiger partial charge is 0.490 e. The molecule has 4 rings (SSSR count). The van der Waals surface area contributed by atoms with Gasteiger partial charge >= 0.3 is 6.61 Å². The molecule has 164 valence electrons. The second-order valence-corrected chi connectivity index (χ2v) is 7.96. The third-order valence-corrected chi connectivity index (χ3v) is 5.72. The maximum atomic E-state index is 12.9. The molecular formula is C24H19F2NO4S. The lowest BCUT2D eigenvalue weighted by Gasteiger charge is -2.13. The summed E-state index contributed by atoms with van der Waals surface area (Å²) in [6.45, 7) is -0.841. The van der Waals surface area contributed by atoms with Crippen molar-refractivity contribution in [1.82, 2.24) is 4.90 Å². The summed E-state index contributed by atoms with van der Waals surface area (Å²) in [4.78, 5) is 26.8. The highest BCUT2D eigenvalue weighted by Crippen LogP contribution is 2.36. The van der Waals surface area contributed by atoms with Crippen LogP contribution >= 0.6 is 11.8 Å². The smallest absolute Gasteiger partial charge is 0.387 e. The van der Waals surface area contributed by atoms with E-state index in [0.717, 1.165) is 28.1 Å². The summed E-state index contributed by atoms with van der Waals surface area (Å²) in [5.74, 6) is -0.362. The van der Waals surface area contributed by atoms with Crippen LogP contribution < -0.4 is 9.47 Å². The molecule has 1 saturated heterocycles. The Kier molecular flexibility index (Phi) is 6.41. The first kappa shape index (κ1) is 21.8. The van der Waals surface area contributed by atoms with E-state index < -0.39 is 12.5 Å². The van der Waals surface area contributed by atoms with E-state index in [0.29, 0.717) is 5.56 Å². The van der Waals surface area contributed by atoms with Crippen molar-refractivity contribution in [3.63, 3.8) is 0 Å². The quantitative estimate of drug-likeness (QED) is 0.405. The number of benzene rings is 3. The van der Waals surface area contributed by atoms with Gasteiger partial charge in [0.25, 0.3) is 11.1 Å². The Morgan fingerprint density at radius 1 is 1.00 bits per heavy atom. The van der Waals surface area contributed by atoms with Gasteiger partial charge in [0, 0.05) is 0 Å². The maximum Gasteiger partial charge on any atom is 0.387 e. The summed E-state index contributed by atoms with van der Waals surface area (Å²) < 4.78 is 35.0. The van der Waals surface area contributed by atoms with Crippen molar-refractivity contribution in [2.45, 2.75) is 20.1 Å². The van der Waals surface area contributed by atoms with Gasteiger partial charge in [-0.05, 0) is 64.9 Å². The Morgan fingerprint density at radius 2 is 1.78 bits per heavy atom. The zero-order valence-electron chi connectivity index (χ0n) is 17.1. The van der Waals surface area contributed by atoms with Crippen LogP contribution in [0.25, 0.3) is 16.8 Å².